The van der Waals surface area contributed by atoms with E-state index in [4.69, 9.17) is 24.7 Å². The van der Waals surface area contributed by atoms with Gasteiger partial charge in [0.05, 0.1) is 25.1 Å². The molecule has 0 unspecified atom stereocenters. The summed E-state index contributed by atoms with van der Waals surface area (Å²) in [7, 11) is 0. The summed E-state index contributed by atoms with van der Waals surface area (Å²) in [5.41, 5.74) is 6.98. The summed E-state index contributed by atoms with van der Waals surface area (Å²) >= 11 is 0. The van der Waals surface area contributed by atoms with E-state index < -0.39 is 78.9 Å². The van der Waals surface area contributed by atoms with E-state index in [9.17, 15) is 34.8 Å². The van der Waals surface area contributed by atoms with Crippen LogP contribution in [0.2, 0.25) is 0 Å². The van der Waals surface area contributed by atoms with E-state index in [0.717, 1.165) is 19.3 Å². The highest BCUT2D eigenvalue weighted by molar-refractivity contribution is 6.29. The minimum absolute atomic E-state index is 0.0300. The molecule has 300 valence electrons. The first-order chi connectivity index (χ1) is 27.6. The zero-order valence-electron chi connectivity index (χ0n) is 30.9. The number of carbonyl (C=O) groups is 3. The molecule has 16 heteroatoms. The fraction of sp³-hybridized carbons (Fsp3) is 0.439. The number of anilines is 1. The lowest BCUT2D eigenvalue weighted by Crippen LogP contribution is -2.70. The Labute approximate surface area is 327 Å². The lowest BCUT2D eigenvalue weighted by molar-refractivity contribution is -0.308. The first-order valence-corrected chi connectivity index (χ1v) is 19.4. The van der Waals surface area contributed by atoms with Crippen LogP contribution in [0.4, 0.5) is 5.69 Å². The van der Waals surface area contributed by atoms with Gasteiger partial charge in [-0.15, -0.1) is 0 Å². The molecule has 4 fully saturated rings. The van der Waals surface area contributed by atoms with Crippen LogP contribution in [0.25, 0.3) is 0 Å². The van der Waals surface area contributed by atoms with Gasteiger partial charge < -0.3 is 49.6 Å². The fourth-order valence-electron chi connectivity index (χ4n) is 9.33. The molecule has 0 aromatic heterocycles. The van der Waals surface area contributed by atoms with Crippen molar-refractivity contribution in [3.63, 3.8) is 0 Å². The molecule has 1 spiro atoms. The Morgan fingerprint density at radius 1 is 0.895 bits per heavy atom. The Kier molecular flexibility index (Phi) is 9.77. The average Bonchev–Trinajstić information content (AvgIpc) is 3.64. The highest BCUT2D eigenvalue weighted by Crippen LogP contribution is 2.50. The van der Waals surface area contributed by atoms with Gasteiger partial charge in [0.2, 0.25) is 12.2 Å². The molecule has 2 aliphatic carbocycles. The van der Waals surface area contributed by atoms with Crippen LogP contribution < -0.4 is 36.1 Å². The number of amides is 1. The van der Waals surface area contributed by atoms with E-state index in [1.165, 1.54) is 6.26 Å². The van der Waals surface area contributed by atoms with Gasteiger partial charge in [0.25, 0.3) is 0 Å². The molecule has 3 aromatic rings. The first-order valence-electron chi connectivity index (χ1n) is 19.4. The Bertz CT molecular complexity index is 2120. The van der Waals surface area contributed by atoms with Crippen LogP contribution in [-0.2, 0) is 14.3 Å². The molecule has 1 saturated carbocycles. The van der Waals surface area contributed by atoms with Gasteiger partial charge in [-0.2, -0.15) is 0 Å². The molecule has 57 heavy (non-hydrogen) atoms. The van der Waals surface area contributed by atoms with Crippen LogP contribution in [0.1, 0.15) is 81.0 Å². The maximum Gasteiger partial charge on any atom is 0.242 e. The van der Waals surface area contributed by atoms with Crippen molar-refractivity contribution < 1.29 is 53.8 Å². The molecule has 16 nitrogen and oxygen atoms in total. The molecule has 3 aromatic carbocycles. The van der Waals surface area contributed by atoms with Crippen LogP contribution in [-0.4, -0.2) is 113 Å². The van der Waals surface area contributed by atoms with Crippen LogP contribution in [0.15, 0.2) is 66.9 Å². The van der Waals surface area contributed by atoms with Crippen molar-refractivity contribution in [2.75, 3.05) is 24.8 Å². The number of carbonyl (C=O) groups excluding carboxylic acids is 3. The van der Waals surface area contributed by atoms with Gasteiger partial charge in [0, 0.05) is 33.9 Å². The predicted molar refractivity (Wildman–Crippen MR) is 201 cm³/mol. The highest BCUT2D eigenvalue weighted by Gasteiger charge is 2.56. The van der Waals surface area contributed by atoms with Crippen LogP contribution >= 0.6 is 0 Å². The van der Waals surface area contributed by atoms with Crippen molar-refractivity contribution in [1.82, 2.24) is 16.0 Å². The van der Waals surface area contributed by atoms with Gasteiger partial charge in [0.15, 0.2) is 23.1 Å². The number of benzene rings is 3. The van der Waals surface area contributed by atoms with E-state index in [1.54, 1.807) is 36.4 Å². The Balaban J connectivity index is 1.29. The molecular formula is C41H45N5O11. The number of ether oxygens (including phenoxy) is 4. The average molecular weight is 784 g/mol. The smallest absolute Gasteiger partial charge is 0.242 e. The third-order valence-electron chi connectivity index (χ3n) is 12.1. The maximum absolute atomic E-state index is 14.4. The molecule has 2 bridgehead atoms. The van der Waals surface area contributed by atoms with Crippen molar-refractivity contribution in [2.45, 2.75) is 92.8 Å². The highest BCUT2D eigenvalue weighted by atomic mass is 16.7. The Morgan fingerprint density at radius 3 is 2.40 bits per heavy atom. The third kappa shape index (κ3) is 6.18. The number of hydrogen-bond donors (Lipinski definition) is 8. The molecule has 9 rings (SSSR count). The molecule has 9 atom stereocenters. The number of nitrogens with one attached hydrogen (secondary N) is 3. The molecule has 9 N–H and O–H groups in total. The van der Waals surface area contributed by atoms with Crippen molar-refractivity contribution >= 4 is 23.2 Å². The van der Waals surface area contributed by atoms with E-state index in [0.29, 0.717) is 29.7 Å². The Morgan fingerprint density at radius 2 is 1.63 bits per heavy atom. The van der Waals surface area contributed by atoms with Crippen LogP contribution in [0.3, 0.4) is 0 Å². The van der Waals surface area contributed by atoms with Gasteiger partial charge in [-0.3, -0.25) is 30.8 Å². The largest absolute Gasteiger partial charge is 0.492 e. The molecular weight excluding hydrogens is 738 g/mol. The number of aliphatic hydroxyl groups excluding tert-OH is 4. The number of ketones is 2. The van der Waals surface area contributed by atoms with E-state index >= 15 is 0 Å². The standard InChI is InChI=1S/C41H45N5O11/c42-40-44-37-28(38(53)45-40)43-19-46(37)26-11-5-4-8-21(26)20-12-16-55-41(13-6-1-7-14-41)36-32(51)31(50)33(52)39(57-36)56-34-24(20)18-25-27(35(34)54-17-15-47)30(49)23-10-3-2-9-22(23)29(25)48/h2-5,8-12,16,18,20,28,31-33,36-37,39-40,43-44,47,50-52H,1,6-7,13-15,17,19,42H2,(H,45,53)/b16-12+/t20-,28+,31+,32+,33-,36+,37+,39-,40+/m0/s1. The summed E-state index contributed by atoms with van der Waals surface area (Å²) in [6.45, 7) is -0.493. The fourth-order valence-corrected chi connectivity index (χ4v) is 9.33. The van der Waals surface area contributed by atoms with E-state index in [2.05, 4.69) is 16.0 Å². The van der Waals surface area contributed by atoms with Crippen molar-refractivity contribution in [2.24, 2.45) is 5.73 Å². The monoisotopic (exact) mass is 783 g/mol. The summed E-state index contributed by atoms with van der Waals surface area (Å²) < 4.78 is 25.9. The third-order valence-corrected chi connectivity index (χ3v) is 12.1. The van der Waals surface area contributed by atoms with E-state index in [-0.39, 0.29) is 52.9 Å². The molecule has 1 amide bonds. The number of rotatable bonds is 5. The van der Waals surface area contributed by atoms with Gasteiger partial charge in [0.1, 0.15) is 55.1 Å². The van der Waals surface area contributed by atoms with Crippen LogP contribution in [0.5, 0.6) is 11.5 Å². The number of nitrogens with two attached hydrogens (primary N) is 1. The quantitative estimate of drug-likeness (QED) is 0.137. The number of hydrogen-bond acceptors (Lipinski definition) is 15. The second-order valence-electron chi connectivity index (χ2n) is 15.4. The van der Waals surface area contributed by atoms with Crippen molar-refractivity contribution in [3.8, 4) is 11.5 Å². The first kappa shape index (κ1) is 37.7. The number of aliphatic hydroxyl groups is 4. The summed E-state index contributed by atoms with van der Waals surface area (Å²) in [4.78, 5) is 43.8. The number of allylic oxidation sites excluding steroid dienone is 1. The summed E-state index contributed by atoms with van der Waals surface area (Å²) in [6.07, 6.45) is -2.46. The zero-order valence-corrected chi connectivity index (χ0v) is 30.9. The van der Waals surface area contributed by atoms with Gasteiger partial charge in [-0.1, -0.05) is 48.9 Å². The molecule has 3 saturated heterocycles. The lowest BCUT2D eigenvalue weighted by Gasteiger charge is -2.49. The normalized spacial score (nSPS) is 32.1. The summed E-state index contributed by atoms with van der Waals surface area (Å²) in [5, 5.41) is 53.5. The van der Waals surface area contributed by atoms with Crippen molar-refractivity contribution in [1.29, 1.82) is 0 Å². The molecule has 4 heterocycles. The van der Waals surface area contributed by atoms with Gasteiger partial charge >= 0.3 is 0 Å². The van der Waals surface area contributed by atoms with E-state index in [1.807, 2.05) is 29.2 Å². The Hall–Kier alpha value is -4.91. The molecule has 6 aliphatic rings. The SMILES string of the molecule is N[C@H]1NC(=O)[C@@H]2NCN(c3ccccc3[C@@H]3/C=C/OC4(CCCCC4)[C@@H]4O[C@H](Oc5c3cc3c(c5OCCO)C(=O)c5ccccc5C3=O)[C@@H](O)[C@H](O)[C@H]4O)[C@H]2N1. The molecule has 0 radical (unpaired) electrons. The number of para-hydroxylation sites is 1. The second kappa shape index (κ2) is 14.8. The predicted octanol–water partition coefficient (Wildman–Crippen LogP) is 0.422. The van der Waals surface area contributed by atoms with Crippen molar-refractivity contribution in [3.05, 3.63) is 100 Å². The minimum atomic E-state index is -1.77. The topological polar surface area (TPSA) is 234 Å². The van der Waals surface area contributed by atoms with Gasteiger partial charge in [-0.25, -0.2) is 0 Å². The number of nitrogens with zero attached hydrogens (tertiary/aromatic N) is 1. The van der Waals surface area contributed by atoms with Gasteiger partial charge in [-0.05, 0) is 49.5 Å². The minimum Gasteiger partial charge on any atom is -0.492 e. The summed E-state index contributed by atoms with van der Waals surface area (Å²) in [5.74, 6) is -2.32. The second-order valence-corrected chi connectivity index (χ2v) is 15.4. The number of fused-ring (bicyclic) bond motifs is 7. The zero-order chi connectivity index (χ0) is 39.6. The van der Waals surface area contributed by atoms with Crippen LogP contribution in [0, 0.1) is 0 Å². The summed E-state index contributed by atoms with van der Waals surface area (Å²) in [6, 6.07) is 14.9. The maximum atomic E-state index is 14.4. The molecule has 4 aliphatic heterocycles. The lowest BCUT2D eigenvalue weighted by atomic mass is 9.76.